The van der Waals surface area contributed by atoms with E-state index in [0.717, 1.165) is 55.4 Å². The summed E-state index contributed by atoms with van der Waals surface area (Å²) in [5, 5.41) is 14.2. The van der Waals surface area contributed by atoms with Crippen LogP contribution in [-0.2, 0) is 27.0 Å². The van der Waals surface area contributed by atoms with Crippen LogP contribution in [0.5, 0.6) is 5.75 Å². The van der Waals surface area contributed by atoms with Gasteiger partial charge in [-0.1, -0.05) is 31.7 Å². The third kappa shape index (κ3) is 8.46. The number of hydrogen-bond donors (Lipinski definition) is 6. The fourth-order valence-corrected chi connectivity index (χ4v) is 6.93. The Morgan fingerprint density at radius 1 is 1.00 bits per heavy atom. The maximum atomic E-state index is 13.6. The molecular formula is C31H40N3O9P. The van der Waals surface area contributed by atoms with Crippen LogP contribution in [0.4, 0.5) is 0 Å². The van der Waals surface area contributed by atoms with E-state index in [0.29, 0.717) is 24.7 Å². The summed E-state index contributed by atoms with van der Waals surface area (Å²) >= 11 is 0. The summed E-state index contributed by atoms with van der Waals surface area (Å²) in [6.07, 6.45) is 8.51. The summed E-state index contributed by atoms with van der Waals surface area (Å²) < 4.78 is 18.1. The Labute approximate surface area is 255 Å². The van der Waals surface area contributed by atoms with Crippen LogP contribution >= 0.6 is 7.60 Å². The van der Waals surface area contributed by atoms with Crippen LogP contribution in [0.25, 0.3) is 0 Å². The first-order valence-electron chi connectivity index (χ1n) is 14.9. The van der Waals surface area contributed by atoms with Gasteiger partial charge in [0.25, 0.3) is 5.91 Å². The Hall–Kier alpha value is -3.73. The largest absolute Gasteiger partial charge is 0.492 e. The molecule has 12 nitrogen and oxygen atoms in total. The highest BCUT2D eigenvalue weighted by Crippen LogP contribution is 2.36. The predicted octanol–water partition coefficient (Wildman–Crippen LogP) is 2.88. The van der Waals surface area contributed by atoms with E-state index in [9.17, 15) is 38.6 Å². The van der Waals surface area contributed by atoms with Crippen LogP contribution < -0.4 is 26.4 Å². The fraction of sp³-hybridized carbons (Fsp3) is 0.484. The quantitative estimate of drug-likeness (QED) is 0.159. The summed E-state index contributed by atoms with van der Waals surface area (Å²) in [5.41, 5.74) is 7.37. The lowest BCUT2D eigenvalue weighted by Gasteiger charge is -2.26. The first-order valence-corrected chi connectivity index (χ1v) is 16.5. The summed E-state index contributed by atoms with van der Waals surface area (Å²) in [7, 11) is -4.95. The van der Waals surface area contributed by atoms with Crippen LogP contribution in [0.1, 0.15) is 102 Å². The molecule has 238 valence electrons. The topological polar surface area (TPSA) is 205 Å². The van der Waals surface area contributed by atoms with Gasteiger partial charge in [0.2, 0.25) is 11.8 Å². The van der Waals surface area contributed by atoms with Crippen molar-refractivity contribution in [2.24, 2.45) is 11.7 Å². The molecule has 2 aromatic rings. The summed E-state index contributed by atoms with van der Waals surface area (Å²) in [6.45, 7) is 1.75. The monoisotopic (exact) mass is 629 g/mol. The Morgan fingerprint density at radius 3 is 2.34 bits per heavy atom. The van der Waals surface area contributed by atoms with E-state index in [1.54, 1.807) is 6.07 Å². The van der Waals surface area contributed by atoms with Gasteiger partial charge in [0.05, 0.1) is 29.1 Å². The zero-order valence-electron chi connectivity index (χ0n) is 24.7. The first kappa shape index (κ1) is 33.2. The Kier molecular flexibility index (Phi) is 10.8. The number of carbonyl (C=O) groups excluding carboxylic acids is 3. The van der Waals surface area contributed by atoms with Gasteiger partial charge >= 0.3 is 13.6 Å². The number of benzene rings is 2. The van der Waals surface area contributed by atoms with Crippen molar-refractivity contribution in [1.82, 2.24) is 10.6 Å². The maximum Gasteiger partial charge on any atom is 0.357 e. The molecule has 0 unspecified atom stereocenters. The molecule has 4 rings (SSSR count). The van der Waals surface area contributed by atoms with E-state index in [4.69, 9.17) is 10.5 Å². The smallest absolute Gasteiger partial charge is 0.357 e. The van der Waals surface area contributed by atoms with Crippen molar-refractivity contribution in [3.05, 3.63) is 58.1 Å². The van der Waals surface area contributed by atoms with Gasteiger partial charge in [0.15, 0.2) is 0 Å². The molecule has 0 aliphatic heterocycles. The van der Waals surface area contributed by atoms with Gasteiger partial charge in [-0.05, 0) is 79.0 Å². The molecule has 2 atom stereocenters. The SMILES string of the molecule is CC(=O)N[C@@H](Cc1ccc(C(=O)O)c(P(=O)(O)O)c1)C(=O)N[C@H]1CCCCc2cc(OCC3CCCCC3)c(C(N)=O)cc21. The molecule has 0 saturated heterocycles. The Morgan fingerprint density at radius 2 is 1.70 bits per heavy atom. The molecule has 13 heteroatoms. The molecule has 2 aromatic carbocycles. The van der Waals surface area contributed by atoms with Gasteiger partial charge in [-0.3, -0.25) is 18.9 Å². The molecular weight excluding hydrogens is 589 g/mol. The second-order valence-corrected chi connectivity index (χ2v) is 13.3. The van der Waals surface area contributed by atoms with E-state index in [2.05, 4.69) is 10.6 Å². The number of hydrogen-bond acceptors (Lipinski definition) is 6. The number of rotatable bonds is 11. The average Bonchev–Trinajstić information content (AvgIpc) is 3.16. The van der Waals surface area contributed by atoms with Gasteiger partial charge in [0.1, 0.15) is 11.8 Å². The molecule has 7 N–H and O–H groups in total. The number of ether oxygens (including phenoxy) is 1. The molecule has 0 bridgehead atoms. The van der Waals surface area contributed by atoms with Crippen molar-refractivity contribution in [3.63, 3.8) is 0 Å². The minimum Gasteiger partial charge on any atom is -0.492 e. The second-order valence-electron chi connectivity index (χ2n) is 11.7. The average molecular weight is 630 g/mol. The summed E-state index contributed by atoms with van der Waals surface area (Å²) in [5.74, 6) is -2.32. The molecule has 1 fully saturated rings. The lowest BCUT2D eigenvalue weighted by Crippen LogP contribution is -2.48. The molecule has 44 heavy (non-hydrogen) atoms. The number of nitrogens with two attached hydrogens (primary N) is 1. The highest BCUT2D eigenvalue weighted by Gasteiger charge is 2.30. The molecule has 0 radical (unpaired) electrons. The number of amides is 3. The van der Waals surface area contributed by atoms with Crippen molar-refractivity contribution >= 4 is 36.6 Å². The molecule has 0 spiro atoms. The van der Waals surface area contributed by atoms with E-state index in [1.807, 2.05) is 6.07 Å². The third-order valence-electron chi connectivity index (χ3n) is 8.33. The predicted molar refractivity (Wildman–Crippen MR) is 162 cm³/mol. The zero-order chi connectivity index (χ0) is 32.0. The Balaban J connectivity index is 1.59. The number of carboxylic acids is 1. The lowest BCUT2D eigenvalue weighted by atomic mass is 9.90. The van der Waals surface area contributed by atoms with Crippen molar-refractivity contribution in [1.29, 1.82) is 0 Å². The standard InChI is InChI=1S/C31H40N3O9P/c1-18(35)33-26(13-20-11-12-22(31(38)39)28(14-20)44(40,41)42)30(37)34-25-10-6-5-9-21-15-27(24(29(32)36)16-23(21)25)43-17-19-7-3-2-4-8-19/h11-12,14-16,19,25-26H,2-10,13,17H2,1H3,(H2,32,36)(H,33,35)(H,34,37)(H,38,39)(H2,40,41,42)/t25-,26-/m0/s1. The van der Waals surface area contributed by atoms with Gasteiger partial charge in [-0.15, -0.1) is 0 Å². The third-order valence-corrected chi connectivity index (χ3v) is 9.32. The number of carbonyl (C=O) groups is 4. The first-order chi connectivity index (χ1) is 20.8. The van der Waals surface area contributed by atoms with Crippen molar-refractivity contribution in [2.75, 3.05) is 6.61 Å². The van der Waals surface area contributed by atoms with Crippen molar-refractivity contribution in [2.45, 2.75) is 83.2 Å². The normalized spacial score (nSPS) is 17.9. The second kappa shape index (κ2) is 14.4. The highest BCUT2D eigenvalue weighted by molar-refractivity contribution is 7.60. The van der Waals surface area contributed by atoms with E-state index < -0.39 is 54.2 Å². The van der Waals surface area contributed by atoms with Gasteiger partial charge in [0, 0.05) is 13.3 Å². The van der Waals surface area contributed by atoms with Crippen LogP contribution in [0.2, 0.25) is 0 Å². The number of aryl methyl sites for hydroxylation is 1. The molecule has 3 amide bonds. The van der Waals surface area contributed by atoms with Gasteiger partial charge < -0.3 is 36.0 Å². The van der Waals surface area contributed by atoms with E-state index in [-0.39, 0.29) is 17.5 Å². The summed E-state index contributed by atoms with van der Waals surface area (Å²) in [4.78, 5) is 69.0. The number of fused-ring (bicyclic) bond motifs is 1. The minimum absolute atomic E-state index is 0.154. The summed E-state index contributed by atoms with van der Waals surface area (Å²) in [6, 6.07) is 5.36. The van der Waals surface area contributed by atoms with Crippen LogP contribution in [0.15, 0.2) is 30.3 Å². The van der Waals surface area contributed by atoms with Gasteiger partial charge in [-0.25, -0.2) is 4.79 Å². The number of nitrogens with one attached hydrogen (secondary N) is 2. The molecule has 2 aliphatic rings. The fourth-order valence-electron chi connectivity index (χ4n) is 6.11. The number of aromatic carboxylic acids is 1. The van der Waals surface area contributed by atoms with Crippen LogP contribution in [0.3, 0.4) is 0 Å². The minimum atomic E-state index is -4.95. The molecule has 2 aliphatic carbocycles. The van der Waals surface area contributed by atoms with Crippen molar-refractivity contribution < 1.29 is 43.4 Å². The van der Waals surface area contributed by atoms with Crippen LogP contribution in [-0.4, -0.2) is 51.2 Å². The van der Waals surface area contributed by atoms with Crippen molar-refractivity contribution in [3.8, 4) is 5.75 Å². The highest BCUT2D eigenvalue weighted by atomic mass is 31.2. The molecule has 1 saturated carbocycles. The lowest BCUT2D eigenvalue weighted by molar-refractivity contribution is -0.128. The number of primary amides is 1. The zero-order valence-corrected chi connectivity index (χ0v) is 25.6. The Bertz CT molecular complexity index is 1470. The number of carboxylic acid groups (broad SMARTS) is 1. The van der Waals surface area contributed by atoms with Gasteiger partial charge in [-0.2, -0.15) is 0 Å². The molecule has 0 aromatic heterocycles. The van der Waals surface area contributed by atoms with E-state index >= 15 is 0 Å². The molecule has 0 heterocycles. The maximum absolute atomic E-state index is 13.6. The van der Waals surface area contributed by atoms with Crippen LogP contribution in [0, 0.1) is 5.92 Å². The van der Waals surface area contributed by atoms with E-state index in [1.165, 1.54) is 32.3 Å².